The number of esters is 2. The molecule has 15 heteroatoms. The van der Waals surface area contributed by atoms with Gasteiger partial charge in [0, 0.05) is 84.9 Å². The number of nitrogens with two attached hydrogens (primary N) is 1. The smallest absolute Gasteiger partial charge is 0.330 e. The fraction of sp³-hybridized carbons (Fsp3) is 0.467. The maximum absolute atomic E-state index is 14.9. The summed E-state index contributed by atoms with van der Waals surface area (Å²) < 4.78 is 21.3. The Hall–Kier alpha value is -5.48. The first kappa shape index (κ1) is 42.6. The van der Waals surface area contributed by atoms with E-state index in [1.165, 1.54) is 18.1 Å². The van der Waals surface area contributed by atoms with Gasteiger partial charge in [-0.1, -0.05) is 13.8 Å². The van der Waals surface area contributed by atoms with E-state index in [0.29, 0.717) is 98.0 Å². The number of hydrogen-bond donors (Lipinski definition) is 3. The zero-order valence-electron chi connectivity index (χ0n) is 35.4. The normalized spacial score (nSPS) is 18.2. The van der Waals surface area contributed by atoms with Crippen LogP contribution in [0.5, 0.6) is 0 Å². The van der Waals surface area contributed by atoms with Crippen molar-refractivity contribution in [3.05, 3.63) is 74.9 Å². The maximum Gasteiger partial charge on any atom is 0.330 e. The third-order valence-electron chi connectivity index (χ3n) is 12.1. The van der Waals surface area contributed by atoms with Crippen LogP contribution in [0.1, 0.15) is 112 Å². The molecule has 4 aliphatic heterocycles. The second-order valence-corrected chi connectivity index (χ2v) is 15.6. The largest absolute Gasteiger partial charge is 0.469 e. The molecule has 2 amide bonds. The molecule has 4 aliphatic rings. The van der Waals surface area contributed by atoms with Crippen molar-refractivity contribution >= 4 is 63.0 Å². The van der Waals surface area contributed by atoms with E-state index in [4.69, 9.17) is 34.6 Å². The zero-order chi connectivity index (χ0) is 42.7. The molecule has 0 unspecified atom stereocenters. The minimum absolute atomic E-state index is 0.0984. The number of H-pyrrole nitrogens is 2. The highest BCUT2D eigenvalue weighted by Crippen LogP contribution is 2.44. The number of imide groups is 1. The van der Waals surface area contributed by atoms with Gasteiger partial charge in [-0.2, -0.15) is 0 Å². The minimum atomic E-state index is -0.511. The van der Waals surface area contributed by atoms with Crippen LogP contribution in [0.15, 0.2) is 24.3 Å². The Morgan fingerprint density at radius 3 is 2.40 bits per heavy atom. The summed E-state index contributed by atoms with van der Waals surface area (Å²) in [5.41, 5.74) is 15.9. The van der Waals surface area contributed by atoms with Crippen molar-refractivity contribution in [1.29, 1.82) is 0 Å². The van der Waals surface area contributed by atoms with Crippen LogP contribution in [-0.4, -0.2) is 126 Å². The van der Waals surface area contributed by atoms with Crippen LogP contribution in [-0.2, 0) is 28.5 Å². The van der Waals surface area contributed by atoms with E-state index in [2.05, 4.69) is 21.8 Å². The van der Waals surface area contributed by atoms with Gasteiger partial charge in [0.2, 0.25) is 0 Å². The van der Waals surface area contributed by atoms with Crippen molar-refractivity contribution in [2.75, 3.05) is 72.9 Å². The van der Waals surface area contributed by atoms with Gasteiger partial charge >= 0.3 is 11.9 Å². The number of carbonyl (C=O) groups excluding carboxylic acids is 4. The van der Waals surface area contributed by atoms with Crippen LogP contribution < -0.4 is 5.73 Å². The number of aromatic amines is 2. The Kier molecular flexibility index (Phi) is 13.1. The summed E-state index contributed by atoms with van der Waals surface area (Å²) >= 11 is 0. The molecule has 0 aromatic carbocycles. The van der Waals surface area contributed by atoms with Crippen LogP contribution in [0.2, 0.25) is 0 Å². The van der Waals surface area contributed by atoms with Gasteiger partial charge in [-0.3, -0.25) is 29.2 Å². The summed E-state index contributed by atoms with van der Waals surface area (Å²) in [6.07, 6.45) is 4.32. The fourth-order valence-corrected chi connectivity index (χ4v) is 8.59. The molecule has 8 bridgehead atoms. The number of methoxy groups -OCH3 is 1. The predicted molar refractivity (Wildman–Crippen MR) is 228 cm³/mol. The maximum atomic E-state index is 14.9. The Bertz CT molecular complexity index is 2420. The van der Waals surface area contributed by atoms with Crippen molar-refractivity contribution < 1.29 is 38.1 Å². The first-order chi connectivity index (χ1) is 28.9. The number of nitrogens with one attached hydrogen (secondary N) is 2. The monoisotopic (exact) mass is 821 g/mol. The molecular formula is C45H55N7O8. The molecule has 2 atom stereocenters. The topological polar surface area (TPSA) is 195 Å². The van der Waals surface area contributed by atoms with E-state index in [9.17, 15) is 19.2 Å². The molecule has 1 fully saturated rings. The first-order valence-electron chi connectivity index (χ1n) is 20.8. The summed E-state index contributed by atoms with van der Waals surface area (Å²) in [6, 6.07) is 5.90. The highest BCUT2D eigenvalue weighted by Gasteiger charge is 2.41. The number of fused-ring (bicyclic) bond motifs is 8. The number of amides is 2. The second kappa shape index (κ2) is 18.4. The fourth-order valence-electron chi connectivity index (χ4n) is 8.59. The Morgan fingerprint density at radius 1 is 0.933 bits per heavy atom. The number of allylic oxidation sites excluding steroid dienone is 2. The van der Waals surface area contributed by atoms with Gasteiger partial charge in [-0.15, -0.1) is 0 Å². The molecular weight excluding hydrogens is 767 g/mol. The van der Waals surface area contributed by atoms with Crippen LogP contribution in [0.4, 0.5) is 0 Å². The molecule has 1 saturated heterocycles. The average molecular weight is 822 g/mol. The second-order valence-electron chi connectivity index (χ2n) is 15.6. The Morgan fingerprint density at radius 2 is 1.67 bits per heavy atom. The number of ether oxygens (including phenoxy) is 4. The van der Waals surface area contributed by atoms with Gasteiger partial charge in [0.05, 0.1) is 67.3 Å². The molecule has 3 aromatic rings. The first-order valence-corrected chi connectivity index (χ1v) is 20.8. The van der Waals surface area contributed by atoms with Crippen LogP contribution in [0.3, 0.4) is 0 Å². The Balaban J connectivity index is 1.47. The molecule has 7 heterocycles. The molecule has 0 radical (unpaired) electrons. The Labute approximate surface area is 349 Å². The molecule has 318 valence electrons. The number of carbonyl (C=O) groups is 4. The molecule has 60 heavy (non-hydrogen) atoms. The van der Waals surface area contributed by atoms with Gasteiger partial charge in [-0.05, 0) is 80.2 Å². The number of nitrogens with zero attached hydrogens (tertiary/aromatic N) is 4. The van der Waals surface area contributed by atoms with Crippen molar-refractivity contribution in [3.8, 4) is 0 Å². The standard InChI is InChI=1S/C45H55N7O8/c1-7-29-25(2)33-23-37-30(8-11-39(54)60-21-20-58-17-12-46)26(3)32(48-37)22-34-27(4)31(9-10-38(53)57-6)42(49-34)41-43-40(28(5)35(50-43)24-36(29)47-33)44(55)52(45(41)56)14-13-51-15-18-59-19-16-51/h8,11,22-24,27,31,48,50H,7,9-10,12-21,46H2,1-6H3/b11-8+,32-22?,33-23?,34-22?,35-24?,36-24?,37-23?,42-41?/t27-,31-/m0/s1. The number of morpholine rings is 1. The van der Waals surface area contributed by atoms with E-state index < -0.39 is 11.9 Å². The lowest BCUT2D eigenvalue weighted by atomic mass is 9.84. The van der Waals surface area contributed by atoms with Crippen molar-refractivity contribution in [3.63, 3.8) is 0 Å². The number of hydrogen-bond acceptors (Lipinski definition) is 12. The van der Waals surface area contributed by atoms with E-state index in [-0.39, 0.29) is 49.9 Å². The van der Waals surface area contributed by atoms with Crippen LogP contribution in [0, 0.1) is 13.8 Å². The summed E-state index contributed by atoms with van der Waals surface area (Å²) in [7, 11) is 1.36. The van der Waals surface area contributed by atoms with Crippen molar-refractivity contribution in [2.45, 2.75) is 65.7 Å². The molecule has 0 saturated carbocycles. The summed E-state index contributed by atoms with van der Waals surface area (Å²) in [6.45, 7) is 14.5. The van der Waals surface area contributed by atoms with E-state index >= 15 is 0 Å². The highest BCUT2D eigenvalue weighted by atomic mass is 16.6. The predicted octanol–water partition coefficient (Wildman–Crippen LogP) is 5.57. The summed E-state index contributed by atoms with van der Waals surface area (Å²) in [5.74, 6) is -2.26. The van der Waals surface area contributed by atoms with Crippen LogP contribution >= 0.6 is 0 Å². The van der Waals surface area contributed by atoms with Gasteiger partial charge < -0.3 is 34.6 Å². The molecule has 3 aromatic heterocycles. The van der Waals surface area contributed by atoms with Crippen molar-refractivity contribution in [2.24, 2.45) is 5.73 Å². The van der Waals surface area contributed by atoms with Gasteiger partial charge in [0.15, 0.2) is 0 Å². The number of rotatable bonds is 14. The quantitative estimate of drug-likeness (QED) is 0.0793. The van der Waals surface area contributed by atoms with Gasteiger partial charge in [-0.25, -0.2) is 9.78 Å². The third kappa shape index (κ3) is 8.44. The molecule has 0 spiro atoms. The van der Waals surface area contributed by atoms with Crippen molar-refractivity contribution in [1.82, 2.24) is 29.7 Å². The number of aryl methyl sites for hydroxylation is 2. The van der Waals surface area contributed by atoms with E-state index in [1.54, 1.807) is 6.08 Å². The van der Waals surface area contributed by atoms with Crippen LogP contribution in [0.25, 0.3) is 39.3 Å². The lowest BCUT2D eigenvalue weighted by Gasteiger charge is -2.31. The molecule has 0 aliphatic carbocycles. The molecule has 4 N–H and O–H groups in total. The minimum Gasteiger partial charge on any atom is -0.469 e. The lowest BCUT2D eigenvalue weighted by molar-refractivity contribution is -0.141. The summed E-state index contributed by atoms with van der Waals surface area (Å²) in [5, 5.41) is 0. The highest BCUT2D eigenvalue weighted by molar-refractivity contribution is 6.23. The average Bonchev–Trinajstić information content (AvgIpc) is 3.92. The number of aromatic nitrogens is 4. The summed E-state index contributed by atoms with van der Waals surface area (Å²) in [4.78, 5) is 75.9. The van der Waals surface area contributed by atoms with Gasteiger partial charge in [0.1, 0.15) is 6.61 Å². The third-order valence-corrected chi connectivity index (χ3v) is 12.1. The zero-order valence-corrected chi connectivity index (χ0v) is 35.4. The lowest BCUT2D eigenvalue weighted by Crippen LogP contribution is -2.47. The SMILES string of the molecule is CCC1=C(C)c2cc3[nH]c(cc4nc(c5c6[nH]c(cc1n2)c(C)c6C(=O)N(CCN1CCOCC1)C5=O)[C@@H](CCC(=O)OC)[C@@H]4C)c(C)c3/C=C/C(=O)OCCOCCN. The van der Waals surface area contributed by atoms with Gasteiger partial charge in [0.25, 0.3) is 11.8 Å². The van der Waals surface area contributed by atoms with E-state index in [1.807, 2.05) is 45.9 Å². The van der Waals surface area contributed by atoms with E-state index in [0.717, 1.165) is 44.7 Å². The molecule has 7 rings (SSSR count). The molecule has 15 nitrogen and oxygen atoms in total.